The van der Waals surface area contributed by atoms with Gasteiger partial charge in [0, 0.05) is 21.0 Å². The Balaban J connectivity index is 1.95. The van der Waals surface area contributed by atoms with Gasteiger partial charge < -0.3 is 4.74 Å². The van der Waals surface area contributed by atoms with E-state index in [0.717, 1.165) is 28.8 Å². The highest BCUT2D eigenvalue weighted by Gasteiger charge is 2.27. The number of halogens is 2. The van der Waals surface area contributed by atoms with Crippen molar-refractivity contribution in [1.82, 2.24) is 4.98 Å². The number of fused-ring (bicyclic) bond motifs is 1. The van der Waals surface area contributed by atoms with Crippen LogP contribution in [0.5, 0.6) is 0 Å². The third-order valence-corrected chi connectivity index (χ3v) is 4.11. The Bertz CT molecular complexity index is 826. The van der Waals surface area contributed by atoms with Crippen LogP contribution in [-0.2, 0) is 4.74 Å². The lowest BCUT2D eigenvalue weighted by atomic mass is 10.0. The molecule has 1 aliphatic heterocycles. The third-order valence-electron chi connectivity index (χ3n) is 3.62. The summed E-state index contributed by atoms with van der Waals surface area (Å²) in [7, 11) is 0. The highest BCUT2D eigenvalue weighted by atomic mass is 35.5. The van der Waals surface area contributed by atoms with Crippen LogP contribution in [0, 0.1) is 0 Å². The molecule has 0 saturated carbocycles. The second-order valence-corrected chi connectivity index (χ2v) is 5.96. The molecule has 2 nitrogen and oxygen atoms in total. The smallest absolute Gasteiger partial charge is 0.107 e. The molecule has 1 aromatic heterocycles. The minimum Gasteiger partial charge on any atom is -0.368 e. The molecule has 1 fully saturated rings. The topological polar surface area (TPSA) is 25.4 Å². The molecule has 0 spiro atoms. The van der Waals surface area contributed by atoms with Gasteiger partial charge in [-0.25, -0.2) is 4.98 Å². The first-order chi connectivity index (χ1) is 10.2. The van der Waals surface area contributed by atoms with Crippen molar-refractivity contribution in [2.45, 2.75) is 6.10 Å². The van der Waals surface area contributed by atoms with E-state index in [1.807, 2.05) is 42.5 Å². The van der Waals surface area contributed by atoms with Crippen LogP contribution in [0.3, 0.4) is 0 Å². The van der Waals surface area contributed by atoms with Crippen molar-refractivity contribution in [3.63, 3.8) is 0 Å². The number of hydrogen-bond donors (Lipinski definition) is 0. The molecule has 0 bridgehead atoms. The molecule has 1 saturated heterocycles. The fraction of sp³-hybridized carbons (Fsp3) is 0.118. The van der Waals surface area contributed by atoms with E-state index in [0.29, 0.717) is 10.0 Å². The van der Waals surface area contributed by atoms with Gasteiger partial charge in [0.25, 0.3) is 0 Å². The van der Waals surface area contributed by atoms with Gasteiger partial charge in [0.2, 0.25) is 0 Å². The molecule has 2 heterocycles. The Hall–Kier alpha value is -1.61. The SMILES string of the molecule is Clc1ccc(-c2cc(C3CO3)c3ccc(Cl)cc3n2)cc1. The van der Waals surface area contributed by atoms with Crippen LogP contribution in [0.4, 0.5) is 0 Å². The van der Waals surface area contributed by atoms with E-state index < -0.39 is 0 Å². The molecular formula is C17H11Cl2NO. The quantitative estimate of drug-likeness (QED) is 0.601. The van der Waals surface area contributed by atoms with Crippen LogP contribution in [0.15, 0.2) is 48.5 Å². The second kappa shape index (κ2) is 4.99. The highest BCUT2D eigenvalue weighted by Crippen LogP contribution is 2.37. The predicted molar refractivity (Wildman–Crippen MR) is 85.9 cm³/mol. The van der Waals surface area contributed by atoms with E-state index in [1.165, 1.54) is 5.56 Å². The minimum absolute atomic E-state index is 0.169. The predicted octanol–water partition coefficient (Wildman–Crippen LogP) is 5.28. The molecule has 4 heteroatoms. The lowest BCUT2D eigenvalue weighted by Crippen LogP contribution is -1.92. The van der Waals surface area contributed by atoms with Gasteiger partial charge in [-0.2, -0.15) is 0 Å². The number of hydrogen-bond acceptors (Lipinski definition) is 2. The molecule has 104 valence electrons. The molecule has 0 amide bonds. The first-order valence-electron chi connectivity index (χ1n) is 6.68. The average Bonchev–Trinajstić information content (AvgIpc) is 3.31. The van der Waals surface area contributed by atoms with Gasteiger partial charge in [-0.3, -0.25) is 0 Å². The fourth-order valence-corrected chi connectivity index (χ4v) is 2.78. The number of pyridine rings is 1. The Morgan fingerprint density at radius 2 is 1.67 bits per heavy atom. The maximum atomic E-state index is 6.10. The van der Waals surface area contributed by atoms with Crippen LogP contribution in [0.1, 0.15) is 11.7 Å². The third kappa shape index (κ3) is 2.51. The van der Waals surface area contributed by atoms with Gasteiger partial charge in [0.05, 0.1) is 17.8 Å². The molecule has 1 atom stereocenters. The fourth-order valence-electron chi connectivity index (χ4n) is 2.49. The van der Waals surface area contributed by atoms with Gasteiger partial charge in [-0.1, -0.05) is 41.4 Å². The second-order valence-electron chi connectivity index (χ2n) is 5.09. The number of rotatable bonds is 2. The van der Waals surface area contributed by atoms with Gasteiger partial charge in [-0.15, -0.1) is 0 Å². The minimum atomic E-state index is 0.169. The lowest BCUT2D eigenvalue weighted by Gasteiger charge is -2.09. The van der Waals surface area contributed by atoms with E-state index in [4.69, 9.17) is 32.9 Å². The van der Waals surface area contributed by atoms with Crippen LogP contribution in [-0.4, -0.2) is 11.6 Å². The summed E-state index contributed by atoms with van der Waals surface area (Å²) in [6.07, 6.45) is 0.169. The van der Waals surface area contributed by atoms with Crippen molar-refractivity contribution in [2.75, 3.05) is 6.61 Å². The van der Waals surface area contributed by atoms with Crippen molar-refractivity contribution in [1.29, 1.82) is 0 Å². The molecule has 21 heavy (non-hydrogen) atoms. The zero-order chi connectivity index (χ0) is 14.4. The summed E-state index contributed by atoms with van der Waals surface area (Å²) in [4.78, 5) is 4.72. The Morgan fingerprint density at radius 1 is 0.952 bits per heavy atom. The first-order valence-corrected chi connectivity index (χ1v) is 7.44. The lowest BCUT2D eigenvalue weighted by molar-refractivity contribution is 0.417. The number of benzene rings is 2. The Labute approximate surface area is 132 Å². The summed E-state index contributed by atoms with van der Waals surface area (Å²) in [6.45, 7) is 0.766. The zero-order valence-corrected chi connectivity index (χ0v) is 12.5. The summed E-state index contributed by atoms with van der Waals surface area (Å²) in [5.41, 5.74) is 4.00. The van der Waals surface area contributed by atoms with Crippen LogP contribution >= 0.6 is 23.2 Å². The van der Waals surface area contributed by atoms with Crippen LogP contribution < -0.4 is 0 Å². The molecule has 3 aromatic rings. The maximum absolute atomic E-state index is 6.10. The van der Waals surface area contributed by atoms with Gasteiger partial charge >= 0.3 is 0 Å². The van der Waals surface area contributed by atoms with E-state index in [1.54, 1.807) is 0 Å². The molecule has 2 aromatic carbocycles. The number of aromatic nitrogens is 1. The van der Waals surface area contributed by atoms with E-state index in [9.17, 15) is 0 Å². The number of nitrogens with zero attached hydrogens (tertiary/aromatic N) is 1. The summed E-state index contributed by atoms with van der Waals surface area (Å²) in [6, 6.07) is 15.6. The molecule has 0 radical (unpaired) electrons. The Kier molecular flexibility index (Phi) is 3.11. The average molecular weight is 316 g/mol. The number of epoxide rings is 1. The zero-order valence-electron chi connectivity index (χ0n) is 11.0. The van der Waals surface area contributed by atoms with Crippen molar-refractivity contribution in [3.8, 4) is 11.3 Å². The van der Waals surface area contributed by atoms with Crippen molar-refractivity contribution >= 4 is 34.1 Å². The molecule has 4 rings (SSSR count). The summed E-state index contributed by atoms with van der Waals surface area (Å²) >= 11 is 12.0. The molecular weight excluding hydrogens is 305 g/mol. The summed E-state index contributed by atoms with van der Waals surface area (Å²) in [5.74, 6) is 0. The highest BCUT2D eigenvalue weighted by molar-refractivity contribution is 6.31. The van der Waals surface area contributed by atoms with Crippen LogP contribution in [0.2, 0.25) is 10.0 Å². The molecule has 1 aliphatic rings. The van der Waals surface area contributed by atoms with Crippen molar-refractivity contribution < 1.29 is 4.74 Å². The maximum Gasteiger partial charge on any atom is 0.107 e. The standard InChI is InChI=1S/C17H11Cl2NO/c18-11-3-1-10(2-4-11)15-8-14(17-9-21-17)13-6-5-12(19)7-16(13)20-15/h1-8,17H,9H2. The summed E-state index contributed by atoms with van der Waals surface area (Å²) in [5, 5.41) is 2.50. The van der Waals surface area contributed by atoms with Crippen LogP contribution in [0.25, 0.3) is 22.2 Å². The molecule has 0 aliphatic carbocycles. The van der Waals surface area contributed by atoms with E-state index in [-0.39, 0.29) is 6.10 Å². The molecule has 1 unspecified atom stereocenters. The normalized spacial score (nSPS) is 17.1. The Morgan fingerprint density at radius 3 is 2.38 bits per heavy atom. The van der Waals surface area contributed by atoms with Crippen molar-refractivity contribution in [2.24, 2.45) is 0 Å². The van der Waals surface area contributed by atoms with Crippen molar-refractivity contribution in [3.05, 3.63) is 64.1 Å². The molecule has 0 N–H and O–H groups in total. The van der Waals surface area contributed by atoms with Gasteiger partial charge in [0.1, 0.15) is 6.10 Å². The first kappa shape index (κ1) is 13.1. The number of ether oxygens (including phenoxy) is 1. The van der Waals surface area contributed by atoms with Gasteiger partial charge in [-0.05, 0) is 35.9 Å². The van der Waals surface area contributed by atoms with E-state index >= 15 is 0 Å². The van der Waals surface area contributed by atoms with Gasteiger partial charge in [0.15, 0.2) is 0 Å². The summed E-state index contributed by atoms with van der Waals surface area (Å²) < 4.78 is 5.46. The monoisotopic (exact) mass is 315 g/mol. The van der Waals surface area contributed by atoms with E-state index in [2.05, 4.69) is 6.07 Å². The largest absolute Gasteiger partial charge is 0.368 e.